The lowest BCUT2D eigenvalue weighted by Crippen LogP contribution is -2.58. The normalized spacial score (nSPS) is 32.1. The summed E-state index contributed by atoms with van der Waals surface area (Å²) in [7, 11) is 0. The van der Waals surface area contributed by atoms with Crippen molar-refractivity contribution in [3.63, 3.8) is 0 Å². The lowest BCUT2D eigenvalue weighted by molar-refractivity contribution is -0.126. The second-order valence-electron chi connectivity index (χ2n) is 6.05. The van der Waals surface area contributed by atoms with Crippen molar-refractivity contribution in [3.8, 4) is 0 Å². The molecule has 0 aromatic carbocycles. The lowest BCUT2D eigenvalue weighted by atomic mass is 9.84. The van der Waals surface area contributed by atoms with Crippen LogP contribution in [0.2, 0.25) is 0 Å². The maximum Gasteiger partial charge on any atom is 0.238 e. The predicted molar refractivity (Wildman–Crippen MR) is 77.6 cm³/mol. The SMILES string of the molecule is CC(C)SCCC1CCCC1(NC1CC1)C(N)=O. The smallest absolute Gasteiger partial charge is 0.238 e. The van der Waals surface area contributed by atoms with Gasteiger partial charge in [0.2, 0.25) is 5.91 Å². The minimum atomic E-state index is -0.390. The average Bonchev–Trinajstić information content (AvgIpc) is 2.99. The number of carbonyl (C=O) groups excluding carboxylic acids is 1. The summed E-state index contributed by atoms with van der Waals surface area (Å²) >= 11 is 1.99. The summed E-state index contributed by atoms with van der Waals surface area (Å²) in [4.78, 5) is 11.9. The van der Waals surface area contributed by atoms with E-state index in [1.807, 2.05) is 11.8 Å². The molecular formula is C14H26N2OS. The van der Waals surface area contributed by atoms with Crippen LogP contribution in [0.15, 0.2) is 0 Å². The summed E-state index contributed by atoms with van der Waals surface area (Å²) < 4.78 is 0. The maximum atomic E-state index is 11.9. The Morgan fingerprint density at radius 1 is 1.44 bits per heavy atom. The zero-order valence-corrected chi connectivity index (χ0v) is 12.4. The molecule has 2 atom stereocenters. The van der Waals surface area contributed by atoms with E-state index < -0.39 is 5.54 Å². The highest BCUT2D eigenvalue weighted by molar-refractivity contribution is 7.99. The van der Waals surface area contributed by atoms with E-state index >= 15 is 0 Å². The maximum absolute atomic E-state index is 11.9. The fraction of sp³-hybridized carbons (Fsp3) is 0.929. The Balaban J connectivity index is 1.95. The molecule has 0 aliphatic heterocycles. The fourth-order valence-electron chi connectivity index (χ4n) is 3.09. The molecular weight excluding hydrogens is 244 g/mol. The molecule has 0 bridgehead atoms. The Morgan fingerprint density at radius 3 is 2.72 bits per heavy atom. The van der Waals surface area contributed by atoms with Crippen LogP contribution in [0, 0.1) is 5.92 Å². The number of primary amides is 1. The van der Waals surface area contributed by atoms with Crippen LogP contribution >= 0.6 is 11.8 Å². The number of thioether (sulfide) groups is 1. The van der Waals surface area contributed by atoms with E-state index in [1.54, 1.807) is 0 Å². The standard InChI is InChI=1S/C14H26N2OS/c1-10(2)18-9-7-11-4-3-8-14(11,13(15)17)16-12-5-6-12/h10-12,16H,3-9H2,1-2H3,(H2,15,17). The Bertz CT molecular complexity index is 304. The summed E-state index contributed by atoms with van der Waals surface area (Å²) in [6.07, 6.45) is 6.77. The van der Waals surface area contributed by atoms with Crippen LogP contribution in [0.25, 0.3) is 0 Å². The van der Waals surface area contributed by atoms with Crippen LogP contribution < -0.4 is 11.1 Å². The molecule has 104 valence electrons. The number of hydrogen-bond donors (Lipinski definition) is 2. The molecule has 3 nitrogen and oxygen atoms in total. The van der Waals surface area contributed by atoms with E-state index in [9.17, 15) is 4.79 Å². The highest BCUT2D eigenvalue weighted by Gasteiger charge is 2.49. The lowest BCUT2D eigenvalue weighted by Gasteiger charge is -2.34. The van der Waals surface area contributed by atoms with Crippen molar-refractivity contribution < 1.29 is 4.79 Å². The highest BCUT2D eigenvalue weighted by Crippen LogP contribution is 2.41. The van der Waals surface area contributed by atoms with Gasteiger partial charge in [0.25, 0.3) is 0 Å². The zero-order valence-electron chi connectivity index (χ0n) is 11.6. The average molecular weight is 270 g/mol. The van der Waals surface area contributed by atoms with Crippen molar-refractivity contribution in [2.45, 2.75) is 69.2 Å². The molecule has 2 aliphatic carbocycles. The van der Waals surface area contributed by atoms with Crippen molar-refractivity contribution in [1.29, 1.82) is 0 Å². The molecule has 18 heavy (non-hydrogen) atoms. The number of rotatable bonds is 7. The number of nitrogens with one attached hydrogen (secondary N) is 1. The summed E-state index contributed by atoms with van der Waals surface area (Å²) in [5.74, 6) is 1.47. The zero-order chi connectivity index (χ0) is 13.2. The summed E-state index contributed by atoms with van der Waals surface area (Å²) in [5.41, 5.74) is 5.33. The van der Waals surface area contributed by atoms with Crippen LogP contribution in [-0.2, 0) is 4.79 Å². The van der Waals surface area contributed by atoms with Crippen molar-refractivity contribution >= 4 is 17.7 Å². The summed E-state index contributed by atoms with van der Waals surface area (Å²) in [6.45, 7) is 4.45. The van der Waals surface area contributed by atoms with Gasteiger partial charge >= 0.3 is 0 Å². The number of hydrogen-bond acceptors (Lipinski definition) is 3. The molecule has 0 saturated heterocycles. The van der Waals surface area contributed by atoms with Crippen LogP contribution in [0.4, 0.5) is 0 Å². The van der Waals surface area contributed by atoms with Gasteiger partial charge in [0.1, 0.15) is 5.54 Å². The van der Waals surface area contributed by atoms with E-state index in [0.29, 0.717) is 17.2 Å². The van der Waals surface area contributed by atoms with E-state index in [0.717, 1.165) is 31.4 Å². The Hall–Kier alpha value is -0.220. The highest BCUT2D eigenvalue weighted by atomic mass is 32.2. The van der Waals surface area contributed by atoms with E-state index in [4.69, 9.17) is 5.73 Å². The van der Waals surface area contributed by atoms with E-state index in [1.165, 1.54) is 12.8 Å². The van der Waals surface area contributed by atoms with Crippen LogP contribution in [-0.4, -0.2) is 28.5 Å². The van der Waals surface area contributed by atoms with Crippen molar-refractivity contribution in [3.05, 3.63) is 0 Å². The van der Waals surface area contributed by atoms with Crippen LogP contribution in [0.5, 0.6) is 0 Å². The Morgan fingerprint density at radius 2 is 2.17 bits per heavy atom. The monoisotopic (exact) mass is 270 g/mol. The number of nitrogens with two attached hydrogens (primary N) is 1. The second-order valence-corrected chi connectivity index (χ2v) is 7.74. The van der Waals surface area contributed by atoms with Gasteiger partial charge in [-0.2, -0.15) is 11.8 Å². The molecule has 0 spiro atoms. The molecule has 2 rings (SSSR count). The predicted octanol–water partition coefficient (Wildman–Crippen LogP) is 2.29. The van der Waals surface area contributed by atoms with Gasteiger partial charge in [0, 0.05) is 6.04 Å². The minimum absolute atomic E-state index is 0.119. The van der Waals surface area contributed by atoms with Crippen molar-refractivity contribution in [2.24, 2.45) is 11.7 Å². The Kier molecular flexibility index (Phi) is 4.59. The Labute approximate surface area is 115 Å². The molecule has 2 saturated carbocycles. The van der Waals surface area contributed by atoms with Gasteiger partial charge in [-0.3, -0.25) is 4.79 Å². The molecule has 0 aromatic rings. The van der Waals surface area contributed by atoms with Crippen molar-refractivity contribution in [2.75, 3.05) is 5.75 Å². The number of amides is 1. The molecule has 0 heterocycles. The molecule has 2 aliphatic rings. The molecule has 0 radical (unpaired) electrons. The first-order valence-corrected chi connectivity index (χ1v) is 8.28. The molecule has 2 fully saturated rings. The third-order valence-electron chi connectivity index (χ3n) is 4.22. The van der Waals surface area contributed by atoms with Gasteiger partial charge < -0.3 is 11.1 Å². The van der Waals surface area contributed by atoms with Gasteiger partial charge in [0.15, 0.2) is 0 Å². The van der Waals surface area contributed by atoms with Gasteiger partial charge in [-0.25, -0.2) is 0 Å². The summed E-state index contributed by atoms with van der Waals surface area (Å²) in [5, 5.41) is 4.24. The first-order valence-electron chi connectivity index (χ1n) is 7.24. The number of carbonyl (C=O) groups is 1. The summed E-state index contributed by atoms with van der Waals surface area (Å²) in [6, 6.07) is 0.552. The second kappa shape index (κ2) is 5.83. The van der Waals surface area contributed by atoms with Crippen LogP contribution in [0.3, 0.4) is 0 Å². The van der Waals surface area contributed by atoms with Gasteiger partial charge in [-0.15, -0.1) is 0 Å². The molecule has 1 amide bonds. The van der Waals surface area contributed by atoms with E-state index in [2.05, 4.69) is 19.2 Å². The van der Waals surface area contributed by atoms with Gasteiger partial charge in [-0.1, -0.05) is 20.3 Å². The molecule has 4 heteroatoms. The third-order valence-corrected chi connectivity index (χ3v) is 5.35. The molecule has 2 unspecified atom stereocenters. The van der Waals surface area contributed by atoms with Crippen molar-refractivity contribution in [1.82, 2.24) is 5.32 Å². The van der Waals surface area contributed by atoms with E-state index in [-0.39, 0.29) is 5.91 Å². The van der Waals surface area contributed by atoms with Gasteiger partial charge in [0.05, 0.1) is 0 Å². The topological polar surface area (TPSA) is 55.1 Å². The first kappa shape index (κ1) is 14.2. The fourth-order valence-corrected chi connectivity index (χ4v) is 3.98. The van der Waals surface area contributed by atoms with Gasteiger partial charge in [-0.05, 0) is 49.0 Å². The molecule has 3 N–H and O–H groups in total. The first-order chi connectivity index (χ1) is 8.54. The largest absolute Gasteiger partial charge is 0.368 e. The molecule has 0 aromatic heterocycles. The minimum Gasteiger partial charge on any atom is -0.368 e. The third kappa shape index (κ3) is 3.21. The quantitative estimate of drug-likeness (QED) is 0.746. The van der Waals surface area contributed by atoms with Crippen LogP contribution in [0.1, 0.15) is 52.4 Å².